The number of likely N-dealkylation sites (tertiary alicyclic amines) is 1. The molecule has 0 bridgehead atoms. The highest BCUT2D eigenvalue weighted by molar-refractivity contribution is 6.42. The number of halogens is 2. The van der Waals surface area contributed by atoms with E-state index >= 15 is 0 Å². The molecule has 0 saturated carbocycles. The highest BCUT2D eigenvalue weighted by Crippen LogP contribution is 2.27. The predicted octanol–water partition coefficient (Wildman–Crippen LogP) is 2.69. The molecule has 2 N–H and O–H groups in total. The van der Waals surface area contributed by atoms with Gasteiger partial charge in [0.15, 0.2) is 0 Å². The standard InChI is InChI=1S/C13H16Cl2N2O/c14-11-5-1-3-9(12(11)15)7-17-6-2-4-10(8-17)13(16)18/h1,3,5,10H,2,4,6-8H2,(H2,16,18). The van der Waals surface area contributed by atoms with E-state index in [9.17, 15) is 4.79 Å². The van der Waals surface area contributed by atoms with Gasteiger partial charge >= 0.3 is 0 Å². The molecule has 1 amide bonds. The van der Waals surface area contributed by atoms with E-state index in [1.54, 1.807) is 6.07 Å². The van der Waals surface area contributed by atoms with Gasteiger partial charge in [0.25, 0.3) is 0 Å². The number of amides is 1. The molecule has 5 heteroatoms. The summed E-state index contributed by atoms with van der Waals surface area (Å²) in [6.45, 7) is 2.38. The van der Waals surface area contributed by atoms with Gasteiger partial charge in [-0.25, -0.2) is 0 Å². The fourth-order valence-corrected chi connectivity index (χ4v) is 2.72. The second kappa shape index (κ2) is 5.91. The summed E-state index contributed by atoms with van der Waals surface area (Å²) in [6, 6.07) is 5.62. The van der Waals surface area contributed by atoms with Crippen molar-refractivity contribution >= 4 is 29.1 Å². The van der Waals surface area contributed by atoms with E-state index in [2.05, 4.69) is 4.90 Å². The molecule has 3 nitrogen and oxygen atoms in total. The SMILES string of the molecule is NC(=O)C1CCCN(Cc2cccc(Cl)c2Cl)C1. The maximum atomic E-state index is 11.2. The van der Waals surface area contributed by atoms with E-state index in [0.717, 1.165) is 24.9 Å². The lowest BCUT2D eigenvalue weighted by molar-refractivity contribution is -0.123. The molecular weight excluding hydrogens is 271 g/mol. The van der Waals surface area contributed by atoms with E-state index in [0.29, 0.717) is 23.1 Å². The van der Waals surface area contributed by atoms with Gasteiger partial charge in [-0.05, 0) is 31.0 Å². The second-order valence-electron chi connectivity index (χ2n) is 4.69. The summed E-state index contributed by atoms with van der Waals surface area (Å²) in [6.07, 6.45) is 1.88. The Morgan fingerprint density at radius 1 is 1.44 bits per heavy atom. The van der Waals surface area contributed by atoms with Crippen LogP contribution in [0.1, 0.15) is 18.4 Å². The van der Waals surface area contributed by atoms with Gasteiger partial charge < -0.3 is 5.73 Å². The van der Waals surface area contributed by atoms with Crippen molar-refractivity contribution in [3.8, 4) is 0 Å². The Labute approximate surface area is 117 Å². The van der Waals surface area contributed by atoms with E-state index in [1.165, 1.54) is 0 Å². The molecule has 0 spiro atoms. The minimum atomic E-state index is -0.211. The summed E-state index contributed by atoms with van der Waals surface area (Å²) in [4.78, 5) is 13.4. The van der Waals surface area contributed by atoms with Crippen LogP contribution in [0.15, 0.2) is 18.2 Å². The van der Waals surface area contributed by atoms with Gasteiger partial charge in [0.05, 0.1) is 16.0 Å². The van der Waals surface area contributed by atoms with E-state index in [1.807, 2.05) is 12.1 Å². The minimum Gasteiger partial charge on any atom is -0.369 e. The van der Waals surface area contributed by atoms with Crippen LogP contribution in [0.3, 0.4) is 0 Å². The lowest BCUT2D eigenvalue weighted by Crippen LogP contribution is -2.40. The van der Waals surface area contributed by atoms with Crippen LogP contribution in [0.4, 0.5) is 0 Å². The average Bonchev–Trinajstić information content (AvgIpc) is 2.35. The molecule has 1 fully saturated rings. The molecule has 1 atom stereocenters. The van der Waals surface area contributed by atoms with Gasteiger partial charge in [0.1, 0.15) is 0 Å². The first-order valence-corrected chi connectivity index (χ1v) is 6.78. The number of nitrogens with zero attached hydrogens (tertiary/aromatic N) is 1. The number of nitrogens with two attached hydrogens (primary N) is 1. The number of benzene rings is 1. The second-order valence-corrected chi connectivity index (χ2v) is 5.47. The molecule has 98 valence electrons. The first-order chi connectivity index (χ1) is 8.58. The third-order valence-electron chi connectivity index (χ3n) is 3.33. The van der Waals surface area contributed by atoms with Gasteiger partial charge in [0.2, 0.25) is 5.91 Å². The monoisotopic (exact) mass is 286 g/mol. The molecule has 1 aromatic rings. The summed E-state index contributed by atoms with van der Waals surface area (Å²) in [5.74, 6) is -0.256. The van der Waals surface area contributed by atoms with Crippen molar-refractivity contribution in [1.29, 1.82) is 0 Å². The van der Waals surface area contributed by atoms with Crippen LogP contribution in [-0.4, -0.2) is 23.9 Å². The molecule has 1 saturated heterocycles. The van der Waals surface area contributed by atoms with Crippen LogP contribution in [0.5, 0.6) is 0 Å². The lowest BCUT2D eigenvalue weighted by Gasteiger charge is -2.31. The normalized spacial score (nSPS) is 20.9. The summed E-state index contributed by atoms with van der Waals surface area (Å²) >= 11 is 12.1. The average molecular weight is 287 g/mol. The molecule has 1 unspecified atom stereocenters. The zero-order valence-corrected chi connectivity index (χ0v) is 11.5. The van der Waals surface area contributed by atoms with Gasteiger partial charge in [-0.2, -0.15) is 0 Å². The Balaban J connectivity index is 2.05. The smallest absolute Gasteiger partial charge is 0.221 e. The quantitative estimate of drug-likeness (QED) is 0.929. The maximum Gasteiger partial charge on any atom is 0.221 e. The number of rotatable bonds is 3. The molecule has 1 aliphatic heterocycles. The van der Waals surface area contributed by atoms with Crippen LogP contribution in [-0.2, 0) is 11.3 Å². The lowest BCUT2D eigenvalue weighted by atomic mass is 9.97. The number of piperidine rings is 1. The van der Waals surface area contributed by atoms with E-state index < -0.39 is 0 Å². The fraction of sp³-hybridized carbons (Fsp3) is 0.462. The molecular formula is C13H16Cl2N2O. The van der Waals surface area contributed by atoms with Crippen molar-refractivity contribution in [2.75, 3.05) is 13.1 Å². The summed E-state index contributed by atoms with van der Waals surface area (Å²) in [5, 5.41) is 1.16. The molecule has 0 aliphatic carbocycles. The number of carbonyl (C=O) groups is 1. The topological polar surface area (TPSA) is 46.3 Å². The van der Waals surface area contributed by atoms with Crippen LogP contribution in [0.2, 0.25) is 10.0 Å². The molecule has 1 aromatic carbocycles. The van der Waals surface area contributed by atoms with Crippen molar-refractivity contribution in [3.63, 3.8) is 0 Å². The Bertz CT molecular complexity index is 451. The van der Waals surface area contributed by atoms with E-state index in [-0.39, 0.29) is 11.8 Å². The Morgan fingerprint density at radius 3 is 2.94 bits per heavy atom. The van der Waals surface area contributed by atoms with Gasteiger partial charge in [-0.1, -0.05) is 35.3 Å². The Hall–Kier alpha value is -0.770. The first-order valence-electron chi connectivity index (χ1n) is 6.02. The van der Waals surface area contributed by atoms with Crippen LogP contribution in [0.25, 0.3) is 0 Å². The number of primary amides is 1. The number of hydrogen-bond acceptors (Lipinski definition) is 2. The summed E-state index contributed by atoms with van der Waals surface area (Å²) in [5.41, 5.74) is 6.36. The number of carbonyl (C=O) groups excluding carboxylic acids is 1. The van der Waals surface area contributed by atoms with Crippen molar-refractivity contribution < 1.29 is 4.79 Å². The largest absolute Gasteiger partial charge is 0.369 e. The third-order valence-corrected chi connectivity index (χ3v) is 4.19. The van der Waals surface area contributed by atoms with Crippen LogP contribution in [0, 0.1) is 5.92 Å². The molecule has 2 rings (SSSR count). The summed E-state index contributed by atoms with van der Waals surface area (Å²) < 4.78 is 0. The summed E-state index contributed by atoms with van der Waals surface area (Å²) in [7, 11) is 0. The molecule has 1 heterocycles. The van der Waals surface area contributed by atoms with Crippen molar-refractivity contribution in [1.82, 2.24) is 4.90 Å². The maximum absolute atomic E-state index is 11.2. The molecule has 0 aromatic heterocycles. The Kier molecular flexibility index (Phi) is 4.49. The molecule has 0 radical (unpaired) electrons. The van der Waals surface area contributed by atoms with E-state index in [4.69, 9.17) is 28.9 Å². The van der Waals surface area contributed by atoms with Crippen molar-refractivity contribution in [3.05, 3.63) is 33.8 Å². The predicted molar refractivity (Wildman–Crippen MR) is 73.7 cm³/mol. The van der Waals surface area contributed by atoms with Gasteiger partial charge in [-0.15, -0.1) is 0 Å². The van der Waals surface area contributed by atoms with Gasteiger partial charge in [0, 0.05) is 13.1 Å². The highest BCUT2D eigenvalue weighted by atomic mass is 35.5. The van der Waals surface area contributed by atoms with Crippen molar-refractivity contribution in [2.24, 2.45) is 11.7 Å². The van der Waals surface area contributed by atoms with Gasteiger partial charge in [-0.3, -0.25) is 9.69 Å². The van der Waals surface area contributed by atoms with Crippen LogP contribution < -0.4 is 5.73 Å². The van der Waals surface area contributed by atoms with Crippen LogP contribution >= 0.6 is 23.2 Å². The molecule has 1 aliphatic rings. The zero-order chi connectivity index (χ0) is 13.1. The fourth-order valence-electron chi connectivity index (χ4n) is 2.34. The highest BCUT2D eigenvalue weighted by Gasteiger charge is 2.24. The molecule has 18 heavy (non-hydrogen) atoms. The number of hydrogen-bond donors (Lipinski definition) is 1. The Morgan fingerprint density at radius 2 is 2.22 bits per heavy atom. The zero-order valence-electron chi connectivity index (χ0n) is 10.0. The van der Waals surface area contributed by atoms with Crippen molar-refractivity contribution in [2.45, 2.75) is 19.4 Å². The third kappa shape index (κ3) is 3.16. The minimum absolute atomic E-state index is 0.0447. The first kappa shape index (κ1) is 13.7.